The SMILES string of the molecule is OCCCN[C@H]1C[C@@H]2CC[C@H]1C2. The summed E-state index contributed by atoms with van der Waals surface area (Å²) in [5, 5.41) is 12.2. The number of nitrogens with one attached hydrogen (secondary N) is 1. The van der Waals surface area contributed by atoms with Crippen LogP contribution in [0.4, 0.5) is 0 Å². The molecule has 2 N–H and O–H groups in total. The summed E-state index contributed by atoms with van der Waals surface area (Å²) in [5.41, 5.74) is 0. The van der Waals surface area contributed by atoms with Crippen LogP contribution in [0.25, 0.3) is 0 Å². The molecule has 0 unspecified atom stereocenters. The van der Waals surface area contributed by atoms with E-state index < -0.39 is 0 Å². The van der Waals surface area contributed by atoms with Gasteiger partial charge in [0.15, 0.2) is 0 Å². The van der Waals surface area contributed by atoms with E-state index in [2.05, 4.69) is 5.32 Å². The summed E-state index contributed by atoms with van der Waals surface area (Å²) in [6.45, 7) is 1.33. The van der Waals surface area contributed by atoms with Crippen molar-refractivity contribution in [3.8, 4) is 0 Å². The summed E-state index contributed by atoms with van der Waals surface area (Å²) in [7, 11) is 0. The zero-order valence-electron chi connectivity index (χ0n) is 7.63. The average molecular weight is 169 g/mol. The number of rotatable bonds is 4. The molecule has 2 fully saturated rings. The van der Waals surface area contributed by atoms with Crippen LogP contribution in [0.3, 0.4) is 0 Å². The van der Waals surface area contributed by atoms with Gasteiger partial charge >= 0.3 is 0 Å². The van der Waals surface area contributed by atoms with E-state index in [1.54, 1.807) is 0 Å². The first kappa shape index (κ1) is 8.52. The highest BCUT2D eigenvalue weighted by atomic mass is 16.3. The molecule has 0 aliphatic heterocycles. The zero-order valence-corrected chi connectivity index (χ0v) is 7.63. The van der Waals surface area contributed by atoms with Gasteiger partial charge in [-0.1, -0.05) is 6.42 Å². The summed E-state index contributed by atoms with van der Waals surface area (Å²) in [4.78, 5) is 0. The van der Waals surface area contributed by atoms with Gasteiger partial charge in [0.1, 0.15) is 0 Å². The molecule has 2 aliphatic rings. The second kappa shape index (κ2) is 3.75. The van der Waals surface area contributed by atoms with Gasteiger partial charge in [0.25, 0.3) is 0 Å². The van der Waals surface area contributed by atoms with Gasteiger partial charge in [0, 0.05) is 12.6 Å². The first-order valence-corrected chi connectivity index (χ1v) is 5.24. The maximum absolute atomic E-state index is 8.63. The lowest BCUT2D eigenvalue weighted by molar-refractivity contribution is 0.274. The molecule has 2 bridgehead atoms. The second-order valence-electron chi connectivity index (χ2n) is 4.31. The molecule has 2 nitrogen and oxygen atoms in total. The quantitative estimate of drug-likeness (QED) is 0.619. The third-order valence-electron chi connectivity index (χ3n) is 3.48. The molecule has 2 aliphatic carbocycles. The summed E-state index contributed by atoms with van der Waals surface area (Å²) >= 11 is 0. The largest absolute Gasteiger partial charge is 0.396 e. The molecule has 70 valence electrons. The Hall–Kier alpha value is -0.0800. The lowest BCUT2D eigenvalue weighted by atomic mass is 9.95. The van der Waals surface area contributed by atoms with E-state index in [4.69, 9.17) is 5.11 Å². The maximum Gasteiger partial charge on any atom is 0.0443 e. The molecule has 0 amide bonds. The standard InChI is InChI=1S/C10H19NO/c12-5-1-4-11-10-7-8-2-3-9(10)6-8/h8-12H,1-7H2/t8-,9+,10+/m1/s1. The fourth-order valence-electron chi connectivity index (χ4n) is 2.86. The minimum atomic E-state index is 0.327. The van der Waals surface area contributed by atoms with Crippen molar-refractivity contribution in [3.63, 3.8) is 0 Å². The number of aliphatic hydroxyl groups is 1. The van der Waals surface area contributed by atoms with Crippen molar-refractivity contribution < 1.29 is 5.11 Å². The minimum Gasteiger partial charge on any atom is -0.396 e. The first-order chi connectivity index (χ1) is 5.90. The highest BCUT2D eigenvalue weighted by Crippen LogP contribution is 2.44. The molecule has 0 aromatic carbocycles. The predicted octanol–water partition coefficient (Wildman–Crippen LogP) is 1.15. The van der Waals surface area contributed by atoms with Crippen molar-refractivity contribution in [1.82, 2.24) is 5.32 Å². The summed E-state index contributed by atoms with van der Waals surface area (Å²) < 4.78 is 0. The maximum atomic E-state index is 8.63. The van der Waals surface area contributed by atoms with E-state index in [9.17, 15) is 0 Å². The number of aliphatic hydroxyl groups excluding tert-OH is 1. The minimum absolute atomic E-state index is 0.327. The molecular formula is C10H19NO. The fourth-order valence-corrected chi connectivity index (χ4v) is 2.86. The fraction of sp³-hybridized carbons (Fsp3) is 1.00. The van der Waals surface area contributed by atoms with Crippen molar-refractivity contribution in [3.05, 3.63) is 0 Å². The molecule has 0 aromatic rings. The molecule has 0 radical (unpaired) electrons. The third kappa shape index (κ3) is 1.64. The number of fused-ring (bicyclic) bond motifs is 2. The van der Waals surface area contributed by atoms with Gasteiger partial charge in [-0.25, -0.2) is 0 Å². The van der Waals surface area contributed by atoms with Gasteiger partial charge in [-0.05, 0) is 44.1 Å². The molecule has 0 spiro atoms. The van der Waals surface area contributed by atoms with E-state index in [1.165, 1.54) is 25.7 Å². The van der Waals surface area contributed by atoms with Crippen molar-refractivity contribution >= 4 is 0 Å². The van der Waals surface area contributed by atoms with Crippen molar-refractivity contribution in [2.24, 2.45) is 11.8 Å². The van der Waals surface area contributed by atoms with E-state index in [0.717, 1.165) is 30.8 Å². The van der Waals surface area contributed by atoms with Gasteiger partial charge in [-0.2, -0.15) is 0 Å². The van der Waals surface area contributed by atoms with E-state index in [0.29, 0.717) is 6.61 Å². The number of hydrogen-bond donors (Lipinski definition) is 2. The Bertz CT molecular complexity index is 149. The van der Waals surface area contributed by atoms with Crippen LogP contribution < -0.4 is 5.32 Å². The molecule has 0 saturated heterocycles. The van der Waals surface area contributed by atoms with E-state index in [1.807, 2.05) is 0 Å². The van der Waals surface area contributed by atoms with Gasteiger partial charge in [0.2, 0.25) is 0 Å². The topological polar surface area (TPSA) is 32.3 Å². The molecule has 0 heterocycles. The van der Waals surface area contributed by atoms with Crippen LogP contribution in [0, 0.1) is 11.8 Å². The van der Waals surface area contributed by atoms with Crippen LogP contribution in [0.5, 0.6) is 0 Å². The Morgan fingerprint density at radius 3 is 2.75 bits per heavy atom. The number of hydrogen-bond acceptors (Lipinski definition) is 2. The van der Waals surface area contributed by atoms with Crippen molar-refractivity contribution in [2.75, 3.05) is 13.2 Å². The van der Waals surface area contributed by atoms with Crippen molar-refractivity contribution in [1.29, 1.82) is 0 Å². The van der Waals surface area contributed by atoms with Gasteiger partial charge in [0.05, 0.1) is 0 Å². The van der Waals surface area contributed by atoms with Crippen LogP contribution in [-0.2, 0) is 0 Å². The van der Waals surface area contributed by atoms with E-state index >= 15 is 0 Å². The molecule has 2 rings (SSSR count). The molecular weight excluding hydrogens is 150 g/mol. The molecule has 0 aromatic heterocycles. The van der Waals surface area contributed by atoms with Crippen LogP contribution in [0.2, 0.25) is 0 Å². The van der Waals surface area contributed by atoms with E-state index in [-0.39, 0.29) is 0 Å². The summed E-state index contributed by atoms with van der Waals surface area (Å²) in [6.07, 6.45) is 6.70. The Kier molecular flexibility index (Phi) is 2.66. The second-order valence-corrected chi connectivity index (χ2v) is 4.31. The lowest BCUT2D eigenvalue weighted by Gasteiger charge is -2.22. The summed E-state index contributed by atoms with van der Waals surface area (Å²) in [6, 6.07) is 0.787. The van der Waals surface area contributed by atoms with Crippen LogP contribution in [0.15, 0.2) is 0 Å². The Balaban J connectivity index is 1.69. The van der Waals surface area contributed by atoms with Gasteiger partial charge < -0.3 is 10.4 Å². The predicted molar refractivity (Wildman–Crippen MR) is 48.9 cm³/mol. The van der Waals surface area contributed by atoms with Crippen LogP contribution >= 0.6 is 0 Å². The smallest absolute Gasteiger partial charge is 0.0443 e. The van der Waals surface area contributed by atoms with Crippen LogP contribution in [-0.4, -0.2) is 24.3 Å². The molecule has 2 heteroatoms. The Morgan fingerprint density at radius 2 is 2.17 bits per heavy atom. The third-order valence-corrected chi connectivity index (χ3v) is 3.48. The normalized spacial score (nSPS) is 39.2. The van der Waals surface area contributed by atoms with Crippen molar-refractivity contribution in [2.45, 2.75) is 38.1 Å². The highest BCUT2D eigenvalue weighted by molar-refractivity contribution is 4.93. The Labute approximate surface area is 74.4 Å². The van der Waals surface area contributed by atoms with Gasteiger partial charge in [-0.15, -0.1) is 0 Å². The highest BCUT2D eigenvalue weighted by Gasteiger charge is 2.38. The first-order valence-electron chi connectivity index (χ1n) is 5.24. The Morgan fingerprint density at radius 1 is 1.25 bits per heavy atom. The zero-order chi connectivity index (χ0) is 8.39. The molecule has 3 atom stereocenters. The molecule has 12 heavy (non-hydrogen) atoms. The van der Waals surface area contributed by atoms with Crippen LogP contribution in [0.1, 0.15) is 32.1 Å². The average Bonchev–Trinajstić information content (AvgIpc) is 2.65. The monoisotopic (exact) mass is 169 g/mol. The summed E-state index contributed by atoms with van der Waals surface area (Å²) in [5.74, 6) is 2.00. The lowest BCUT2D eigenvalue weighted by Crippen LogP contribution is -2.34. The molecule has 2 saturated carbocycles. The van der Waals surface area contributed by atoms with Gasteiger partial charge in [-0.3, -0.25) is 0 Å².